The quantitative estimate of drug-likeness (QED) is 0.858. The van der Waals surface area contributed by atoms with E-state index in [1.54, 1.807) is 0 Å². The SMILES string of the molecule is CCN(CC)C(=O)[C@@H]1CCCN(c2ccc(N)cc2)C1. The molecule has 1 fully saturated rings. The molecule has 1 aliphatic rings. The Balaban J connectivity index is 2.04. The average molecular weight is 275 g/mol. The minimum Gasteiger partial charge on any atom is -0.399 e. The van der Waals surface area contributed by atoms with Crippen LogP contribution >= 0.6 is 0 Å². The van der Waals surface area contributed by atoms with Crippen molar-refractivity contribution in [1.82, 2.24) is 4.90 Å². The van der Waals surface area contributed by atoms with Gasteiger partial charge in [0.25, 0.3) is 0 Å². The van der Waals surface area contributed by atoms with Gasteiger partial charge >= 0.3 is 0 Å². The number of nitrogens with zero attached hydrogens (tertiary/aromatic N) is 2. The van der Waals surface area contributed by atoms with E-state index in [1.807, 2.05) is 43.0 Å². The highest BCUT2D eigenvalue weighted by Gasteiger charge is 2.28. The lowest BCUT2D eigenvalue weighted by Gasteiger charge is -2.35. The Morgan fingerprint density at radius 1 is 1.30 bits per heavy atom. The average Bonchev–Trinajstić information content (AvgIpc) is 2.49. The molecular weight excluding hydrogens is 250 g/mol. The Morgan fingerprint density at radius 2 is 1.95 bits per heavy atom. The van der Waals surface area contributed by atoms with E-state index >= 15 is 0 Å². The molecule has 0 bridgehead atoms. The van der Waals surface area contributed by atoms with Crippen LogP contribution in [0.3, 0.4) is 0 Å². The van der Waals surface area contributed by atoms with E-state index in [1.165, 1.54) is 0 Å². The molecule has 0 aliphatic carbocycles. The van der Waals surface area contributed by atoms with Gasteiger partial charge in [0.1, 0.15) is 0 Å². The van der Waals surface area contributed by atoms with Crippen molar-refractivity contribution in [3.8, 4) is 0 Å². The van der Waals surface area contributed by atoms with Crippen molar-refractivity contribution in [2.24, 2.45) is 5.92 Å². The van der Waals surface area contributed by atoms with Crippen molar-refractivity contribution in [1.29, 1.82) is 0 Å². The largest absolute Gasteiger partial charge is 0.399 e. The smallest absolute Gasteiger partial charge is 0.227 e. The van der Waals surface area contributed by atoms with E-state index < -0.39 is 0 Å². The Bertz CT molecular complexity index is 440. The third-order valence-corrected chi connectivity index (χ3v) is 4.10. The molecule has 20 heavy (non-hydrogen) atoms. The van der Waals surface area contributed by atoms with Gasteiger partial charge in [-0.15, -0.1) is 0 Å². The van der Waals surface area contributed by atoms with Gasteiger partial charge in [-0.2, -0.15) is 0 Å². The van der Waals surface area contributed by atoms with Gasteiger partial charge < -0.3 is 15.5 Å². The lowest BCUT2D eigenvalue weighted by molar-refractivity contribution is -0.135. The summed E-state index contributed by atoms with van der Waals surface area (Å²) in [5.74, 6) is 0.427. The molecule has 4 heteroatoms. The summed E-state index contributed by atoms with van der Waals surface area (Å²) in [7, 11) is 0. The minimum absolute atomic E-state index is 0.126. The van der Waals surface area contributed by atoms with E-state index in [2.05, 4.69) is 4.90 Å². The number of benzene rings is 1. The summed E-state index contributed by atoms with van der Waals surface area (Å²) in [4.78, 5) is 16.7. The molecule has 0 spiro atoms. The van der Waals surface area contributed by atoms with Gasteiger partial charge in [-0.25, -0.2) is 0 Å². The molecule has 2 N–H and O–H groups in total. The number of nitrogen functional groups attached to an aromatic ring is 1. The highest BCUT2D eigenvalue weighted by Crippen LogP contribution is 2.25. The Morgan fingerprint density at radius 3 is 2.55 bits per heavy atom. The number of carbonyl (C=O) groups is 1. The number of carbonyl (C=O) groups excluding carboxylic acids is 1. The summed E-state index contributed by atoms with van der Waals surface area (Å²) in [6.45, 7) is 7.52. The van der Waals surface area contributed by atoms with E-state index in [0.29, 0.717) is 5.91 Å². The summed E-state index contributed by atoms with van der Waals surface area (Å²) in [6, 6.07) is 7.93. The van der Waals surface area contributed by atoms with E-state index in [4.69, 9.17) is 5.73 Å². The van der Waals surface area contributed by atoms with Crippen molar-refractivity contribution < 1.29 is 4.79 Å². The normalized spacial score (nSPS) is 18.9. The van der Waals surface area contributed by atoms with Crippen molar-refractivity contribution in [2.45, 2.75) is 26.7 Å². The zero-order valence-corrected chi connectivity index (χ0v) is 12.5. The second-order valence-corrected chi connectivity index (χ2v) is 5.39. The van der Waals surface area contributed by atoms with Crippen LogP contribution in [0.5, 0.6) is 0 Å². The molecule has 0 aromatic heterocycles. The van der Waals surface area contributed by atoms with Crippen LogP contribution in [0.15, 0.2) is 24.3 Å². The molecule has 1 saturated heterocycles. The molecule has 1 amide bonds. The maximum absolute atomic E-state index is 12.5. The Hall–Kier alpha value is -1.71. The number of piperidine rings is 1. The lowest BCUT2D eigenvalue weighted by Crippen LogP contribution is -2.44. The number of hydrogen-bond donors (Lipinski definition) is 1. The van der Waals surface area contributed by atoms with Crippen LogP contribution in [0.4, 0.5) is 11.4 Å². The molecule has 110 valence electrons. The fourth-order valence-electron chi connectivity index (χ4n) is 2.89. The molecule has 0 radical (unpaired) electrons. The van der Waals surface area contributed by atoms with Crippen molar-refractivity contribution in [2.75, 3.05) is 36.8 Å². The summed E-state index contributed by atoms with van der Waals surface area (Å²) in [6.07, 6.45) is 2.07. The van der Waals surface area contributed by atoms with Crippen molar-refractivity contribution >= 4 is 17.3 Å². The van der Waals surface area contributed by atoms with Gasteiger partial charge in [-0.3, -0.25) is 4.79 Å². The molecular formula is C16H25N3O. The van der Waals surface area contributed by atoms with Crippen molar-refractivity contribution in [3.05, 3.63) is 24.3 Å². The van der Waals surface area contributed by atoms with E-state index in [0.717, 1.165) is 50.4 Å². The maximum Gasteiger partial charge on any atom is 0.227 e. The Labute approximate surface area is 121 Å². The molecule has 4 nitrogen and oxygen atoms in total. The van der Waals surface area contributed by atoms with Crippen LogP contribution in [-0.2, 0) is 4.79 Å². The molecule has 0 unspecified atom stereocenters. The maximum atomic E-state index is 12.5. The second-order valence-electron chi connectivity index (χ2n) is 5.39. The fraction of sp³-hybridized carbons (Fsp3) is 0.562. The third-order valence-electron chi connectivity index (χ3n) is 4.10. The van der Waals surface area contributed by atoms with Crippen LogP contribution in [0.2, 0.25) is 0 Å². The van der Waals surface area contributed by atoms with Gasteiger partial charge in [0.2, 0.25) is 5.91 Å². The molecule has 1 aromatic carbocycles. The van der Waals surface area contributed by atoms with E-state index in [-0.39, 0.29) is 5.92 Å². The van der Waals surface area contributed by atoms with Crippen LogP contribution in [0.25, 0.3) is 0 Å². The zero-order valence-electron chi connectivity index (χ0n) is 12.5. The minimum atomic E-state index is 0.126. The van der Waals surface area contributed by atoms with Crippen LogP contribution in [0.1, 0.15) is 26.7 Å². The van der Waals surface area contributed by atoms with Crippen LogP contribution < -0.4 is 10.6 Å². The number of rotatable bonds is 4. The van der Waals surface area contributed by atoms with Gasteiger partial charge in [0.05, 0.1) is 5.92 Å². The van der Waals surface area contributed by atoms with Gasteiger partial charge in [0, 0.05) is 37.6 Å². The highest BCUT2D eigenvalue weighted by molar-refractivity contribution is 5.79. The predicted molar refractivity (Wildman–Crippen MR) is 83.7 cm³/mol. The monoisotopic (exact) mass is 275 g/mol. The van der Waals surface area contributed by atoms with Gasteiger partial charge in [-0.05, 0) is 51.0 Å². The predicted octanol–water partition coefficient (Wildman–Crippen LogP) is 2.35. The van der Waals surface area contributed by atoms with Crippen LogP contribution in [-0.4, -0.2) is 37.0 Å². The highest BCUT2D eigenvalue weighted by atomic mass is 16.2. The molecule has 1 atom stereocenters. The van der Waals surface area contributed by atoms with Gasteiger partial charge in [0.15, 0.2) is 0 Å². The lowest BCUT2D eigenvalue weighted by atomic mass is 9.96. The first-order valence-electron chi connectivity index (χ1n) is 7.55. The molecule has 1 aromatic rings. The topological polar surface area (TPSA) is 49.6 Å². The molecule has 0 saturated carbocycles. The number of nitrogens with two attached hydrogens (primary N) is 1. The zero-order chi connectivity index (χ0) is 14.5. The second kappa shape index (κ2) is 6.64. The summed E-state index contributed by atoms with van der Waals surface area (Å²) < 4.78 is 0. The molecule has 2 rings (SSSR count). The fourth-order valence-corrected chi connectivity index (χ4v) is 2.89. The Kier molecular flexibility index (Phi) is 4.88. The summed E-state index contributed by atoms with van der Waals surface area (Å²) >= 11 is 0. The first-order valence-corrected chi connectivity index (χ1v) is 7.55. The summed E-state index contributed by atoms with van der Waals surface area (Å²) in [5.41, 5.74) is 7.67. The molecule has 1 aliphatic heterocycles. The van der Waals surface area contributed by atoms with E-state index in [9.17, 15) is 4.79 Å². The third kappa shape index (κ3) is 3.24. The standard InChI is InChI=1S/C16H25N3O/c1-3-18(4-2)16(20)13-6-5-11-19(12-13)15-9-7-14(17)8-10-15/h7-10,13H,3-6,11-12,17H2,1-2H3/t13-/m1/s1. The number of amides is 1. The van der Waals surface area contributed by atoms with Crippen molar-refractivity contribution in [3.63, 3.8) is 0 Å². The van der Waals surface area contributed by atoms with Crippen LogP contribution in [0, 0.1) is 5.92 Å². The number of anilines is 2. The van der Waals surface area contributed by atoms with Gasteiger partial charge in [-0.1, -0.05) is 0 Å². The number of hydrogen-bond acceptors (Lipinski definition) is 3. The first kappa shape index (κ1) is 14.7. The molecule has 1 heterocycles. The summed E-state index contributed by atoms with van der Waals surface area (Å²) in [5, 5.41) is 0. The first-order chi connectivity index (χ1) is 9.65.